The number of benzene rings is 1. The lowest BCUT2D eigenvalue weighted by Gasteiger charge is -2.03. The maximum Gasteiger partial charge on any atom is 0.345 e. The number of carbonyl (C=O) groups is 2. The third-order valence-corrected chi connectivity index (χ3v) is 3.47. The van der Waals surface area contributed by atoms with Crippen LogP contribution in [0.3, 0.4) is 0 Å². The first-order valence-corrected chi connectivity index (χ1v) is 7.15. The van der Waals surface area contributed by atoms with Gasteiger partial charge in [0.1, 0.15) is 17.1 Å². The van der Waals surface area contributed by atoms with Crippen molar-refractivity contribution >= 4 is 41.2 Å². The maximum absolute atomic E-state index is 11.6. The molecule has 0 N–H and O–H groups in total. The lowest BCUT2D eigenvalue weighted by atomic mass is 10.2. The number of hydrogen-bond acceptors (Lipinski definition) is 5. The summed E-state index contributed by atoms with van der Waals surface area (Å²) in [4.78, 5) is 23.2. The second-order valence-corrected chi connectivity index (χ2v) is 5.21. The van der Waals surface area contributed by atoms with Gasteiger partial charge in [-0.15, -0.1) is 0 Å². The Balaban J connectivity index is 2.39. The quantitative estimate of drug-likeness (QED) is 0.359. The van der Waals surface area contributed by atoms with Gasteiger partial charge in [0, 0.05) is 16.7 Å². The number of ether oxygens (including phenoxy) is 2. The predicted octanol–water partition coefficient (Wildman–Crippen LogP) is 3.98. The molecule has 0 spiro atoms. The summed E-state index contributed by atoms with van der Waals surface area (Å²) in [5.41, 5.74) is 0.353. The Morgan fingerprint density at radius 3 is 2.26 bits per heavy atom. The van der Waals surface area contributed by atoms with Crippen LogP contribution in [0.5, 0.6) is 0 Å². The van der Waals surface area contributed by atoms with E-state index in [1.165, 1.54) is 20.3 Å². The van der Waals surface area contributed by atoms with E-state index in [-0.39, 0.29) is 11.3 Å². The van der Waals surface area contributed by atoms with Crippen molar-refractivity contribution in [2.24, 2.45) is 0 Å². The van der Waals surface area contributed by atoms with Crippen LogP contribution in [0.1, 0.15) is 5.76 Å². The molecule has 2 aromatic rings. The van der Waals surface area contributed by atoms with Crippen LogP contribution in [0.15, 0.2) is 40.3 Å². The zero-order valence-electron chi connectivity index (χ0n) is 12.3. The summed E-state index contributed by atoms with van der Waals surface area (Å²) in [6.07, 6.45) is 1.24. The third-order valence-electron chi connectivity index (χ3n) is 2.92. The van der Waals surface area contributed by atoms with Crippen molar-refractivity contribution in [2.75, 3.05) is 14.2 Å². The molecule has 0 fully saturated rings. The molecule has 0 amide bonds. The normalized spacial score (nSPS) is 10.1. The largest absolute Gasteiger partial charge is 0.465 e. The van der Waals surface area contributed by atoms with Crippen LogP contribution in [0.4, 0.5) is 0 Å². The maximum atomic E-state index is 11.6. The fourth-order valence-corrected chi connectivity index (χ4v) is 2.33. The van der Waals surface area contributed by atoms with E-state index in [0.29, 0.717) is 21.4 Å². The molecule has 1 aromatic carbocycles. The van der Waals surface area contributed by atoms with Gasteiger partial charge in [-0.05, 0) is 30.3 Å². The first-order valence-electron chi connectivity index (χ1n) is 6.40. The molecule has 0 aliphatic rings. The molecule has 2 rings (SSSR count). The van der Waals surface area contributed by atoms with Gasteiger partial charge in [-0.2, -0.15) is 0 Å². The summed E-state index contributed by atoms with van der Waals surface area (Å²) >= 11 is 12.0. The van der Waals surface area contributed by atoms with Crippen LogP contribution in [0, 0.1) is 0 Å². The van der Waals surface area contributed by atoms with Gasteiger partial charge >= 0.3 is 11.9 Å². The highest BCUT2D eigenvalue weighted by Gasteiger charge is 2.20. The molecule has 0 saturated heterocycles. The van der Waals surface area contributed by atoms with Crippen LogP contribution in [0.2, 0.25) is 10.0 Å². The SMILES string of the molecule is COC(=O)C(=Cc1ccc(-c2ccc(Cl)cc2Cl)o1)C(=O)OC. The van der Waals surface area contributed by atoms with Crippen LogP contribution in [-0.2, 0) is 19.1 Å². The molecule has 7 heteroatoms. The van der Waals surface area contributed by atoms with Gasteiger partial charge in [-0.1, -0.05) is 23.2 Å². The summed E-state index contributed by atoms with van der Waals surface area (Å²) in [5.74, 6) is -0.900. The van der Waals surface area contributed by atoms with Gasteiger partial charge in [-0.3, -0.25) is 0 Å². The molecular weight excluding hydrogens is 343 g/mol. The molecule has 0 saturated carbocycles. The van der Waals surface area contributed by atoms with Crippen LogP contribution >= 0.6 is 23.2 Å². The Hall–Kier alpha value is -2.24. The summed E-state index contributed by atoms with van der Waals surface area (Å²) in [6, 6.07) is 8.22. The smallest absolute Gasteiger partial charge is 0.345 e. The highest BCUT2D eigenvalue weighted by Crippen LogP contribution is 2.32. The number of carbonyl (C=O) groups excluding carboxylic acids is 2. The lowest BCUT2D eigenvalue weighted by molar-refractivity contribution is -0.143. The molecule has 0 bridgehead atoms. The van der Waals surface area contributed by atoms with E-state index < -0.39 is 11.9 Å². The Morgan fingerprint density at radius 1 is 1.04 bits per heavy atom. The highest BCUT2D eigenvalue weighted by molar-refractivity contribution is 6.36. The Labute approximate surface area is 142 Å². The second-order valence-electron chi connectivity index (χ2n) is 4.37. The van der Waals surface area contributed by atoms with E-state index in [1.807, 2.05) is 0 Å². The van der Waals surface area contributed by atoms with Gasteiger partial charge < -0.3 is 13.9 Å². The minimum absolute atomic E-state index is 0.275. The molecule has 23 heavy (non-hydrogen) atoms. The first kappa shape index (κ1) is 17.1. The van der Waals surface area contributed by atoms with Crippen LogP contribution in [0.25, 0.3) is 17.4 Å². The minimum Gasteiger partial charge on any atom is -0.465 e. The molecular formula is C16H12Cl2O5. The van der Waals surface area contributed by atoms with Crippen LogP contribution in [-0.4, -0.2) is 26.2 Å². The van der Waals surface area contributed by atoms with Crippen molar-refractivity contribution in [1.29, 1.82) is 0 Å². The number of esters is 2. The fraction of sp³-hybridized carbons (Fsp3) is 0.125. The highest BCUT2D eigenvalue weighted by atomic mass is 35.5. The molecule has 5 nitrogen and oxygen atoms in total. The number of furan rings is 1. The average molecular weight is 355 g/mol. The van der Waals surface area contributed by atoms with E-state index in [1.54, 1.807) is 30.3 Å². The van der Waals surface area contributed by atoms with Gasteiger partial charge in [0.15, 0.2) is 0 Å². The van der Waals surface area contributed by atoms with E-state index in [4.69, 9.17) is 27.6 Å². The topological polar surface area (TPSA) is 65.7 Å². The number of halogens is 2. The summed E-state index contributed by atoms with van der Waals surface area (Å²) in [5, 5.41) is 0.924. The van der Waals surface area contributed by atoms with Crippen molar-refractivity contribution in [3.05, 3.63) is 51.7 Å². The van der Waals surface area contributed by atoms with Crippen molar-refractivity contribution in [3.63, 3.8) is 0 Å². The Morgan fingerprint density at radius 2 is 1.70 bits per heavy atom. The average Bonchev–Trinajstić information content (AvgIpc) is 2.99. The van der Waals surface area contributed by atoms with E-state index in [2.05, 4.69) is 9.47 Å². The van der Waals surface area contributed by atoms with Gasteiger partial charge in [0.05, 0.1) is 19.2 Å². The van der Waals surface area contributed by atoms with Gasteiger partial charge in [-0.25, -0.2) is 9.59 Å². The van der Waals surface area contributed by atoms with Crippen molar-refractivity contribution in [2.45, 2.75) is 0 Å². The lowest BCUT2D eigenvalue weighted by Crippen LogP contribution is -2.15. The minimum atomic E-state index is -0.820. The molecule has 0 unspecified atom stereocenters. The van der Waals surface area contributed by atoms with Crippen molar-refractivity contribution in [1.82, 2.24) is 0 Å². The standard InChI is InChI=1S/C16H12Cl2O5/c1-21-15(19)12(16(20)22-2)8-10-4-6-14(23-10)11-5-3-9(17)7-13(11)18/h3-8H,1-2H3. The van der Waals surface area contributed by atoms with Crippen LogP contribution < -0.4 is 0 Å². The van der Waals surface area contributed by atoms with E-state index in [0.717, 1.165) is 0 Å². The summed E-state index contributed by atoms with van der Waals surface area (Å²) in [7, 11) is 2.33. The molecule has 0 aliphatic carbocycles. The Kier molecular flexibility index (Phi) is 5.47. The van der Waals surface area contributed by atoms with E-state index >= 15 is 0 Å². The zero-order chi connectivity index (χ0) is 17.0. The number of hydrogen-bond donors (Lipinski definition) is 0. The van der Waals surface area contributed by atoms with E-state index in [9.17, 15) is 9.59 Å². The van der Waals surface area contributed by atoms with Gasteiger partial charge in [0.25, 0.3) is 0 Å². The molecule has 0 radical (unpaired) electrons. The molecule has 0 aliphatic heterocycles. The summed E-state index contributed by atoms with van der Waals surface area (Å²) < 4.78 is 14.7. The fourth-order valence-electron chi connectivity index (χ4n) is 1.83. The Bertz CT molecular complexity index is 759. The number of methoxy groups -OCH3 is 2. The monoisotopic (exact) mass is 354 g/mol. The molecule has 120 valence electrons. The van der Waals surface area contributed by atoms with Crippen molar-refractivity contribution < 1.29 is 23.5 Å². The zero-order valence-corrected chi connectivity index (χ0v) is 13.8. The third kappa shape index (κ3) is 3.94. The molecule has 1 aromatic heterocycles. The number of rotatable bonds is 4. The van der Waals surface area contributed by atoms with Gasteiger partial charge in [0.2, 0.25) is 0 Å². The summed E-state index contributed by atoms with van der Waals surface area (Å²) in [6.45, 7) is 0. The second kappa shape index (κ2) is 7.35. The molecule has 1 heterocycles. The predicted molar refractivity (Wildman–Crippen MR) is 86.2 cm³/mol. The van der Waals surface area contributed by atoms with Crippen molar-refractivity contribution in [3.8, 4) is 11.3 Å². The molecule has 0 atom stereocenters. The first-order chi connectivity index (χ1) is 11.0.